The van der Waals surface area contributed by atoms with Crippen LogP contribution in [-0.4, -0.2) is 48.9 Å². The maximum Gasteiger partial charge on any atom is 0.205 e. The van der Waals surface area contributed by atoms with Crippen LogP contribution < -0.4 is 4.90 Å². The molecule has 0 aromatic carbocycles. The normalized spacial score (nSPS) is 16.5. The van der Waals surface area contributed by atoms with Crippen LogP contribution in [0.4, 0.5) is 5.13 Å². The van der Waals surface area contributed by atoms with E-state index in [4.69, 9.17) is 9.47 Å². The Bertz CT molecular complexity index is 326. The van der Waals surface area contributed by atoms with Gasteiger partial charge in [-0.15, -0.1) is 0 Å². The van der Waals surface area contributed by atoms with Crippen LogP contribution in [0.15, 0.2) is 0 Å². The monoisotopic (exact) mass is 243 g/mol. The third-order valence-corrected chi connectivity index (χ3v) is 3.35. The Balaban J connectivity index is 1.62. The Morgan fingerprint density at radius 1 is 1.44 bits per heavy atom. The minimum absolute atomic E-state index is 0.348. The minimum atomic E-state index is 0.348. The van der Waals surface area contributed by atoms with Crippen molar-refractivity contribution in [1.82, 2.24) is 9.36 Å². The molecular weight excluding hydrogens is 226 g/mol. The molecule has 0 spiro atoms. The number of hydrogen-bond donors (Lipinski definition) is 0. The average molecular weight is 243 g/mol. The first-order chi connectivity index (χ1) is 7.79. The summed E-state index contributed by atoms with van der Waals surface area (Å²) in [5, 5.41) is 1.01. The third kappa shape index (κ3) is 2.90. The van der Waals surface area contributed by atoms with Gasteiger partial charge in [-0.1, -0.05) is 0 Å². The number of rotatable bonds is 6. The number of anilines is 1. The van der Waals surface area contributed by atoms with Gasteiger partial charge in [-0.3, -0.25) is 0 Å². The summed E-state index contributed by atoms with van der Waals surface area (Å²) >= 11 is 1.46. The van der Waals surface area contributed by atoms with Crippen molar-refractivity contribution in [3.63, 3.8) is 0 Å². The Kier molecular flexibility index (Phi) is 4.09. The van der Waals surface area contributed by atoms with Crippen LogP contribution in [-0.2, 0) is 9.47 Å². The fraction of sp³-hybridized carbons (Fsp3) is 0.800. The van der Waals surface area contributed by atoms with Crippen LogP contribution in [0.25, 0.3) is 0 Å². The fourth-order valence-corrected chi connectivity index (χ4v) is 2.26. The first-order valence-corrected chi connectivity index (χ1v) is 6.22. The quantitative estimate of drug-likeness (QED) is 0.700. The summed E-state index contributed by atoms with van der Waals surface area (Å²) < 4.78 is 14.8. The molecule has 6 heteroatoms. The molecule has 16 heavy (non-hydrogen) atoms. The molecule has 1 aromatic heterocycles. The number of methoxy groups -OCH3 is 1. The van der Waals surface area contributed by atoms with Gasteiger partial charge < -0.3 is 14.4 Å². The van der Waals surface area contributed by atoms with E-state index in [-0.39, 0.29) is 0 Å². The van der Waals surface area contributed by atoms with Crippen molar-refractivity contribution in [1.29, 1.82) is 0 Å². The van der Waals surface area contributed by atoms with Gasteiger partial charge in [-0.2, -0.15) is 4.37 Å². The number of hydrogen-bond acceptors (Lipinski definition) is 6. The van der Waals surface area contributed by atoms with E-state index in [9.17, 15) is 0 Å². The topological polar surface area (TPSA) is 47.5 Å². The van der Waals surface area contributed by atoms with Gasteiger partial charge in [0.2, 0.25) is 5.13 Å². The number of ether oxygens (including phenoxy) is 2. The van der Waals surface area contributed by atoms with Gasteiger partial charge in [-0.25, -0.2) is 4.98 Å². The van der Waals surface area contributed by atoms with Crippen molar-refractivity contribution >= 4 is 16.7 Å². The van der Waals surface area contributed by atoms with Crippen molar-refractivity contribution in [2.75, 3.05) is 38.3 Å². The van der Waals surface area contributed by atoms with Crippen LogP contribution >= 0.6 is 11.5 Å². The summed E-state index contributed by atoms with van der Waals surface area (Å²) in [6, 6.07) is 0. The molecule has 0 atom stereocenters. The second kappa shape index (κ2) is 5.56. The molecule has 0 radical (unpaired) electrons. The first-order valence-electron chi connectivity index (χ1n) is 5.45. The van der Waals surface area contributed by atoms with Gasteiger partial charge >= 0.3 is 0 Å². The van der Waals surface area contributed by atoms with Crippen LogP contribution in [0.3, 0.4) is 0 Å². The van der Waals surface area contributed by atoms with Crippen molar-refractivity contribution < 1.29 is 9.47 Å². The highest BCUT2D eigenvalue weighted by Crippen LogP contribution is 2.23. The molecule has 0 saturated carbocycles. The van der Waals surface area contributed by atoms with Crippen LogP contribution in [0, 0.1) is 6.92 Å². The zero-order chi connectivity index (χ0) is 11.4. The van der Waals surface area contributed by atoms with E-state index in [1.807, 2.05) is 6.92 Å². The highest BCUT2D eigenvalue weighted by Gasteiger charge is 2.29. The van der Waals surface area contributed by atoms with E-state index in [2.05, 4.69) is 14.3 Å². The first kappa shape index (κ1) is 11.8. The molecule has 0 N–H and O–H groups in total. The summed E-state index contributed by atoms with van der Waals surface area (Å²) in [6.45, 7) is 5.33. The van der Waals surface area contributed by atoms with Crippen molar-refractivity contribution in [3.8, 4) is 0 Å². The van der Waals surface area contributed by atoms with Crippen LogP contribution in [0.1, 0.15) is 12.2 Å². The molecule has 0 unspecified atom stereocenters. The average Bonchev–Trinajstić information content (AvgIpc) is 2.61. The van der Waals surface area contributed by atoms with Crippen LogP contribution in [0.2, 0.25) is 0 Å². The molecule has 0 aliphatic carbocycles. The fourth-order valence-electron chi connectivity index (χ4n) is 1.57. The predicted molar refractivity (Wildman–Crippen MR) is 63.1 cm³/mol. The molecule has 0 amide bonds. The predicted octanol–water partition coefficient (Wildman–Crippen LogP) is 1.09. The molecule has 1 saturated heterocycles. The Labute approximate surface area is 99.6 Å². The van der Waals surface area contributed by atoms with E-state index in [1.54, 1.807) is 7.11 Å². The standard InChI is InChI=1S/C10H17N3O2S/c1-8-11-10(16-12-8)13-6-9(7-13)15-5-3-4-14-2/h9H,3-7H2,1-2H3. The Hall–Kier alpha value is -0.720. The molecule has 2 rings (SSSR count). The van der Waals surface area contributed by atoms with E-state index in [0.717, 1.165) is 43.7 Å². The number of aromatic nitrogens is 2. The zero-order valence-corrected chi connectivity index (χ0v) is 10.5. The highest BCUT2D eigenvalue weighted by molar-refractivity contribution is 7.09. The summed E-state index contributed by atoms with van der Waals surface area (Å²) in [7, 11) is 1.71. The highest BCUT2D eigenvalue weighted by atomic mass is 32.1. The lowest BCUT2D eigenvalue weighted by Gasteiger charge is -2.38. The smallest absolute Gasteiger partial charge is 0.205 e. The molecular formula is C10H17N3O2S. The number of aryl methyl sites for hydroxylation is 1. The molecule has 2 heterocycles. The maximum atomic E-state index is 5.67. The van der Waals surface area contributed by atoms with Gasteiger partial charge in [0.15, 0.2) is 0 Å². The van der Waals surface area contributed by atoms with Crippen molar-refractivity contribution in [2.24, 2.45) is 0 Å². The van der Waals surface area contributed by atoms with Crippen LogP contribution in [0.5, 0.6) is 0 Å². The van der Waals surface area contributed by atoms with E-state index < -0.39 is 0 Å². The molecule has 1 aliphatic heterocycles. The summed E-state index contributed by atoms with van der Waals surface area (Å²) in [6.07, 6.45) is 1.31. The van der Waals surface area contributed by atoms with Gasteiger partial charge in [0.1, 0.15) is 5.82 Å². The molecule has 1 fully saturated rings. The molecule has 0 bridgehead atoms. The number of nitrogens with zero attached hydrogens (tertiary/aromatic N) is 3. The second-order valence-corrected chi connectivity index (χ2v) is 4.60. The summed E-state index contributed by atoms with van der Waals surface area (Å²) in [4.78, 5) is 6.53. The Morgan fingerprint density at radius 2 is 2.25 bits per heavy atom. The summed E-state index contributed by atoms with van der Waals surface area (Å²) in [5.74, 6) is 0.851. The van der Waals surface area contributed by atoms with E-state index >= 15 is 0 Å². The maximum absolute atomic E-state index is 5.67. The molecule has 1 aromatic rings. The minimum Gasteiger partial charge on any atom is -0.385 e. The van der Waals surface area contributed by atoms with Gasteiger partial charge in [0.05, 0.1) is 6.10 Å². The Morgan fingerprint density at radius 3 is 2.88 bits per heavy atom. The lowest BCUT2D eigenvalue weighted by Crippen LogP contribution is -2.52. The van der Waals surface area contributed by atoms with E-state index in [0.29, 0.717) is 6.10 Å². The van der Waals surface area contributed by atoms with Gasteiger partial charge in [-0.05, 0) is 13.3 Å². The molecule has 90 valence electrons. The lowest BCUT2D eigenvalue weighted by molar-refractivity contribution is 0.0233. The van der Waals surface area contributed by atoms with Crippen molar-refractivity contribution in [2.45, 2.75) is 19.4 Å². The van der Waals surface area contributed by atoms with Gasteiger partial charge in [0, 0.05) is 44.9 Å². The summed E-state index contributed by atoms with van der Waals surface area (Å²) in [5.41, 5.74) is 0. The SMILES string of the molecule is COCCCOC1CN(c2nc(C)ns2)C1. The van der Waals surface area contributed by atoms with E-state index in [1.165, 1.54) is 11.5 Å². The molecule has 5 nitrogen and oxygen atoms in total. The third-order valence-electron chi connectivity index (χ3n) is 2.48. The lowest BCUT2D eigenvalue weighted by atomic mass is 10.2. The molecule has 1 aliphatic rings. The largest absolute Gasteiger partial charge is 0.385 e. The zero-order valence-electron chi connectivity index (χ0n) is 9.68. The second-order valence-electron chi connectivity index (χ2n) is 3.87. The van der Waals surface area contributed by atoms with Crippen molar-refractivity contribution in [3.05, 3.63) is 5.82 Å². The van der Waals surface area contributed by atoms with Gasteiger partial charge in [0.25, 0.3) is 0 Å².